The van der Waals surface area contributed by atoms with Crippen molar-refractivity contribution in [3.63, 3.8) is 0 Å². The van der Waals surface area contributed by atoms with Crippen molar-refractivity contribution in [2.24, 2.45) is 0 Å². The number of amides is 3. The first kappa shape index (κ1) is 23.1. The lowest BCUT2D eigenvalue weighted by molar-refractivity contribution is 0.0638. The molecule has 4 rings (SSSR count). The van der Waals surface area contributed by atoms with Gasteiger partial charge >= 0.3 is 0 Å². The van der Waals surface area contributed by atoms with Crippen molar-refractivity contribution in [1.82, 2.24) is 9.88 Å². The third-order valence-corrected chi connectivity index (χ3v) is 6.67. The number of benzene rings is 2. The highest BCUT2D eigenvalue weighted by Crippen LogP contribution is 2.26. The van der Waals surface area contributed by atoms with Crippen LogP contribution in [0.3, 0.4) is 0 Å². The van der Waals surface area contributed by atoms with Crippen LogP contribution in [0, 0.1) is 6.92 Å². The van der Waals surface area contributed by atoms with E-state index < -0.39 is 11.8 Å². The van der Waals surface area contributed by atoms with Crippen molar-refractivity contribution in [3.8, 4) is 0 Å². The number of thiazole rings is 1. The fourth-order valence-electron chi connectivity index (χ4n) is 3.57. The van der Waals surface area contributed by atoms with Gasteiger partial charge in [0.1, 0.15) is 0 Å². The van der Waals surface area contributed by atoms with Crippen molar-refractivity contribution < 1.29 is 19.1 Å². The van der Waals surface area contributed by atoms with Gasteiger partial charge in [0.25, 0.3) is 17.7 Å². The largest absolute Gasteiger partial charge is 0.385 e. The van der Waals surface area contributed by atoms with Gasteiger partial charge in [0.05, 0.1) is 11.1 Å². The Kier molecular flexibility index (Phi) is 6.88. The molecule has 0 aliphatic carbocycles. The van der Waals surface area contributed by atoms with Crippen molar-refractivity contribution in [1.29, 1.82) is 0 Å². The summed E-state index contributed by atoms with van der Waals surface area (Å²) in [6, 6.07) is 10.4. The number of hydrogen-bond acceptors (Lipinski definition) is 6. The molecule has 9 heteroatoms. The van der Waals surface area contributed by atoms with Gasteiger partial charge in [0, 0.05) is 48.3 Å². The van der Waals surface area contributed by atoms with Gasteiger partial charge in [-0.15, -0.1) is 11.3 Å². The number of carbonyl (C=O) groups is 3. The number of rotatable bonds is 8. The minimum absolute atomic E-state index is 0.237. The molecule has 2 aromatic carbocycles. The minimum Gasteiger partial charge on any atom is -0.385 e. The maximum atomic E-state index is 12.8. The van der Waals surface area contributed by atoms with Crippen LogP contribution >= 0.6 is 22.9 Å². The molecular formula is C24H22ClN3O4S. The monoisotopic (exact) mass is 483 g/mol. The minimum atomic E-state index is -0.394. The van der Waals surface area contributed by atoms with Crippen LogP contribution < -0.4 is 5.32 Å². The summed E-state index contributed by atoms with van der Waals surface area (Å²) in [6.07, 6.45) is 2.93. The number of hydrogen-bond donors (Lipinski definition) is 1. The topological polar surface area (TPSA) is 88.6 Å². The Bertz CT molecular complexity index is 1240. The van der Waals surface area contributed by atoms with E-state index in [-0.39, 0.29) is 23.6 Å². The number of ether oxygens (including phenoxy) is 1. The normalized spacial score (nSPS) is 12.9. The zero-order chi connectivity index (χ0) is 23.5. The van der Waals surface area contributed by atoms with Gasteiger partial charge in [-0.25, -0.2) is 4.98 Å². The summed E-state index contributed by atoms with van der Waals surface area (Å²) in [5, 5.41) is 3.94. The summed E-state index contributed by atoms with van der Waals surface area (Å²) in [5.41, 5.74) is 2.91. The Morgan fingerprint density at radius 3 is 2.70 bits per heavy atom. The van der Waals surface area contributed by atoms with E-state index in [9.17, 15) is 14.4 Å². The molecule has 0 radical (unpaired) electrons. The number of nitrogens with one attached hydrogen (secondary N) is 1. The Morgan fingerprint density at radius 2 is 1.94 bits per heavy atom. The first-order chi connectivity index (χ1) is 15.9. The number of carbonyl (C=O) groups excluding carboxylic acids is 3. The summed E-state index contributed by atoms with van der Waals surface area (Å²) in [6.45, 7) is 2.68. The summed E-state index contributed by atoms with van der Waals surface area (Å²) in [7, 11) is 1.57. The van der Waals surface area contributed by atoms with Crippen LogP contribution in [-0.4, -0.2) is 47.9 Å². The van der Waals surface area contributed by atoms with Crippen LogP contribution in [0.5, 0.6) is 0 Å². The van der Waals surface area contributed by atoms with E-state index in [1.54, 1.807) is 19.4 Å². The Labute approximate surface area is 200 Å². The number of aryl methyl sites for hydroxylation is 1. The van der Waals surface area contributed by atoms with Gasteiger partial charge in [-0.1, -0.05) is 23.7 Å². The average Bonchev–Trinajstić information content (AvgIpc) is 3.33. The van der Waals surface area contributed by atoms with Crippen LogP contribution in [0.1, 0.15) is 53.5 Å². The number of methoxy groups -OCH3 is 1. The van der Waals surface area contributed by atoms with Crippen molar-refractivity contribution in [2.75, 3.05) is 25.6 Å². The molecule has 0 bridgehead atoms. The van der Waals surface area contributed by atoms with Crippen molar-refractivity contribution in [3.05, 3.63) is 80.3 Å². The maximum absolute atomic E-state index is 12.8. The van der Waals surface area contributed by atoms with E-state index in [1.807, 2.05) is 25.1 Å². The molecule has 7 nitrogen and oxygen atoms in total. The quantitative estimate of drug-likeness (QED) is 0.374. The van der Waals surface area contributed by atoms with Gasteiger partial charge in [-0.3, -0.25) is 24.6 Å². The molecule has 33 heavy (non-hydrogen) atoms. The van der Waals surface area contributed by atoms with E-state index in [1.165, 1.54) is 28.4 Å². The molecular weight excluding hydrogens is 462 g/mol. The predicted octanol–water partition coefficient (Wildman–Crippen LogP) is 4.58. The molecule has 170 valence electrons. The first-order valence-electron chi connectivity index (χ1n) is 10.4. The third kappa shape index (κ3) is 4.98. The van der Waals surface area contributed by atoms with Gasteiger partial charge in [-0.2, -0.15) is 0 Å². The Hall–Kier alpha value is -3.07. The molecule has 0 unspecified atom stereocenters. The lowest BCUT2D eigenvalue weighted by Gasteiger charge is -2.12. The summed E-state index contributed by atoms with van der Waals surface area (Å²) < 4.78 is 4.99. The molecule has 1 aliphatic heterocycles. The van der Waals surface area contributed by atoms with Crippen molar-refractivity contribution in [2.45, 2.75) is 19.8 Å². The number of imide groups is 1. The molecule has 1 aromatic heterocycles. The second-order valence-corrected chi connectivity index (χ2v) is 9.24. The molecule has 0 saturated heterocycles. The number of anilines is 1. The summed E-state index contributed by atoms with van der Waals surface area (Å²) in [4.78, 5) is 44.4. The lowest BCUT2D eigenvalue weighted by Crippen LogP contribution is -2.31. The van der Waals surface area contributed by atoms with Gasteiger partial charge in [0.2, 0.25) is 0 Å². The summed E-state index contributed by atoms with van der Waals surface area (Å²) >= 11 is 7.57. The van der Waals surface area contributed by atoms with Gasteiger partial charge in [-0.05, 0) is 48.7 Å². The van der Waals surface area contributed by atoms with E-state index in [0.29, 0.717) is 35.2 Å². The standard InChI is InChI=1S/C24H22ClN3O4S/c1-14-4-5-15(11-20(14)25)10-17-13-26-24(33-17)27-21(29)16-6-7-18-19(12-16)23(31)28(22(18)30)8-3-9-32-2/h4-7,11-13H,3,8-10H2,1-2H3,(H,26,27,29). The summed E-state index contributed by atoms with van der Waals surface area (Å²) in [5.74, 6) is -1.14. The highest BCUT2D eigenvalue weighted by atomic mass is 35.5. The van der Waals surface area contributed by atoms with E-state index in [0.717, 1.165) is 16.0 Å². The van der Waals surface area contributed by atoms with Crippen LogP contribution in [-0.2, 0) is 11.2 Å². The van der Waals surface area contributed by atoms with Crippen molar-refractivity contribution >= 4 is 45.8 Å². The van der Waals surface area contributed by atoms with E-state index in [4.69, 9.17) is 16.3 Å². The second-order valence-electron chi connectivity index (χ2n) is 7.71. The molecule has 0 saturated carbocycles. The number of nitrogens with zero attached hydrogens (tertiary/aromatic N) is 2. The van der Waals surface area contributed by atoms with Gasteiger partial charge in [0.15, 0.2) is 5.13 Å². The van der Waals surface area contributed by atoms with Crippen LogP contribution in [0.15, 0.2) is 42.6 Å². The number of halogens is 1. The molecule has 3 amide bonds. The molecule has 2 heterocycles. The molecule has 0 atom stereocenters. The van der Waals surface area contributed by atoms with Crippen LogP contribution in [0.2, 0.25) is 5.02 Å². The third-order valence-electron chi connectivity index (χ3n) is 5.35. The van der Waals surface area contributed by atoms with Crippen LogP contribution in [0.4, 0.5) is 5.13 Å². The molecule has 0 fully saturated rings. The lowest BCUT2D eigenvalue weighted by atomic mass is 10.1. The zero-order valence-corrected chi connectivity index (χ0v) is 19.8. The molecule has 3 aromatic rings. The highest BCUT2D eigenvalue weighted by molar-refractivity contribution is 7.15. The second kappa shape index (κ2) is 9.82. The SMILES string of the molecule is COCCCN1C(=O)c2ccc(C(=O)Nc3ncc(Cc4ccc(C)c(Cl)c4)s3)cc2C1=O. The predicted molar refractivity (Wildman–Crippen MR) is 127 cm³/mol. The molecule has 0 spiro atoms. The Balaban J connectivity index is 1.43. The first-order valence-corrected chi connectivity index (χ1v) is 11.6. The number of fused-ring (bicyclic) bond motifs is 1. The zero-order valence-electron chi connectivity index (χ0n) is 18.2. The Morgan fingerprint density at radius 1 is 1.15 bits per heavy atom. The maximum Gasteiger partial charge on any atom is 0.261 e. The smallest absolute Gasteiger partial charge is 0.261 e. The number of aromatic nitrogens is 1. The van der Waals surface area contributed by atoms with E-state index >= 15 is 0 Å². The van der Waals surface area contributed by atoms with E-state index in [2.05, 4.69) is 10.3 Å². The highest BCUT2D eigenvalue weighted by Gasteiger charge is 2.35. The van der Waals surface area contributed by atoms with Crippen LogP contribution in [0.25, 0.3) is 0 Å². The fraction of sp³-hybridized carbons (Fsp3) is 0.250. The van der Waals surface area contributed by atoms with Gasteiger partial charge < -0.3 is 4.74 Å². The molecule has 1 N–H and O–H groups in total. The molecule has 1 aliphatic rings. The average molecular weight is 484 g/mol. The fourth-order valence-corrected chi connectivity index (χ4v) is 4.61.